The Morgan fingerprint density at radius 3 is 2.83 bits per heavy atom. The van der Waals surface area contributed by atoms with Crippen molar-refractivity contribution in [3.05, 3.63) is 36.4 Å². The van der Waals surface area contributed by atoms with E-state index < -0.39 is 0 Å². The molecule has 100 valence electrons. The van der Waals surface area contributed by atoms with Crippen LogP contribution >= 0.6 is 0 Å². The topological polar surface area (TPSA) is 30.5 Å². The van der Waals surface area contributed by atoms with Crippen LogP contribution < -0.4 is 14.8 Å². The molecule has 1 atom stereocenters. The molecule has 0 saturated heterocycles. The highest BCUT2D eigenvalue weighted by atomic mass is 16.5. The summed E-state index contributed by atoms with van der Waals surface area (Å²) in [6, 6.07) is 6.37. The molecule has 0 bridgehead atoms. The van der Waals surface area contributed by atoms with E-state index in [2.05, 4.69) is 24.9 Å². The van der Waals surface area contributed by atoms with Crippen molar-refractivity contribution in [3.63, 3.8) is 0 Å². The molecule has 3 nitrogen and oxygen atoms in total. The lowest BCUT2D eigenvalue weighted by Crippen LogP contribution is -2.25. The molecule has 0 aliphatic heterocycles. The highest BCUT2D eigenvalue weighted by Crippen LogP contribution is 2.30. The summed E-state index contributed by atoms with van der Waals surface area (Å²) in [6.07, 6.45) is 2.87. The zero-order valence-corrected chi connectivity index (χ0v) is 11.5. The number of nitrogens with one attached hydrogen (secondary N) is 1. The SMILES string of the molecule is C=CCC(C)NCc1cccc(OCC)c1OC. The molecule has 1 N–H and O–H groups in total. The monoisotopic (exact) mass is 249 g/mol. The Morgan fingerprint density at radius 1 is 1.44 bits per heavy atom. The minimum absolute atomic E-state index is 0.406. The van der Waals surface area contributed by atoms with Gasteiger partial charge in [-0.05, 0) is 26.3 Å². The predicted octanol–water partition coefficient (Wildman–Crippen LogP) is 3.15. The van der Waals surface area contributed by atoms with E-state index in [9.17, 15) is 0 Å². The first-order valence-corrected chi connectivity index (χ1v) is 6.35. The second-order valence-corrected chi connectivity index (χ2v) is 4.19. The third-order valence-electron chi connectivity index (χ3n) is 2.73. The maximum atomic E-state index is 5.55. The molecule has 0 radical (unpaired) electrons. The van der Waals surface area contributed by atoms with E-state index in [-0.39, 0.29) is 0 Å². The number of methoxy groups -OCH3 is 1. The molecule has 0 aliphatic carbocycles. The minimum Gasteiger partial charge on any atom is -0.493 e. The zero-order chi connectivity index (χ0) is 13.4. The maximum Gasteiger partial charge on any atom is 0.165 e. The molecule has 1 aromatic rings. The van der Waals surface area contributed by atoms with Crippen LogP contribution in [0.5, 0.6) is 11.5 Å². The fourth-order valence-electron chi connectivity index (χ4n) is 1.82. The Balaban J connectivity index is 2.75. The number of ether oxygens (including phenoxy) is 2. The first-order chi connectivity index (χ1) is 8.72. The van der Waals surface area contributed by atoms with E-state index in [4.69, 9.17) is 9.47 Å². The summed E-state index contributed by atoms with van der Waals surface area (Å²) >= 11 is 0. The molecule has 0 heterocycles. The molecule has 0 aliphatic rings. The fraction of sp³-hybridized carbons (Fsp3) is 0.467. The second kappa shape index (κ2) is 7.77. The van der Waals surface area contributed by atoms with Gasteiger partial charge < -0.3 is 14.8 Å². The Kier molecular flexibility index (Phi) is 6.29. The van der Waals surface area contributed by atoms with Gasteiger partial charge in [0.25, 0.3) is 0 Å². The smallest absolute Gasteiger partial charge is 0.165 e. The number of hydrogen-bond acceptors (Lipinski definition) is 3. The zero-order valence-electron chi connectivity index (χ0n) is 11.5. The van der Waals surface area contributed by atoms with Crippen molar-refractivity contribution >= 4 is 0 Å². The summed E-state index contributed by atoms with van der Waals surface area (Å²) in [6.45, 7) is 9.25. The molecule has 0 saturated carbocycles. The summed E-state index contributed by atoms with van der Waals surface area (Å²) in [5, 5.41) is 3.44. The number of benzene rings is 1. The van der Waals surface area contributed by atoms with Crippen molar-refractivity contribution in [1.29, 1.82) is 0 Å². The van der Waals surface area contributed by atoms with E-state index in [1.807, 2.05) is 25.1 Å². The lowest BCUT2D eigenvalue weighted by molar-refractivity contribution is 0.308. The molecule has 18 heavy (non-hydrogen) atoms. The second-order valence-electron chi connectivity index (χ2n) is 4.19. The van der Waals surface area contributed by atoms with Crippen LogP contribution in [0.2, 0.25) is 0 Å². The van der Waals surface area contributed by atoms with Crippen LogP contribution in [0.25, 0.3) is 0 Å². The summed E-state index contributed by atoms with van der Waals surface area (Å²) in [4.78, 5) is 0. The standard InChI is InChI=1S/C15H23NO2/c1-5-8-12(3)16-11-13-9-7-10-14(18-6-2)15(13)17-4/h5,7,9-10,12,16H,1,6,8,11H2,2-4H3. The summed E-state index contributed by atoms with van der Waals surface area (Å²) in [7, 11) is 1.68. The number of hydrogen-bond donors (Lipinski definition) is 1. The molecular weight excluding hydrogens is 226 g/mol. The van der Waals surface area contributed by atoms with Crippen LogP contribution in [0, 0.1) is 0 Å². The van der Waals surface area contributed by atoms with E-state index in [1.165, 1.54) is 0 Å². The Morgan fingerprint density at radius 2 is 2.22 bits per heavy atom. The van der Waals surface area contributed by atoms with E-state index in [1.54, 1.807) is 7.11 Å². The molecule has 1 rings (SSSR count). The van der Waals surface area contributed by atoms with Gasteiger partial charge >= 0.3 is 0 Å². The summed E-state index contributed by atoms with van der Waals surface area (Å²) < 4.78 is 11.0. The van der Waals surface area contributed by atoms with Crippen LogP contribution in [0.15, 0.2) is 30.9 Å². The van der Waals surface area contributed by atoms with Gasteiger partial charge in [-0.1, -0.05) is 18.2 Å². The summed E-state index contributed by atoms with van der Waals surface area (Å²) in [5.41, 5.74) is 1.11. The van der Waals surface area contributed by atoms with Crippen molar-refractivity contribution in [3.8, 4) is 11.5 Å². The van der Waals surface area contributed by atoms with E-state index >= 15 is 0 Å². The van der Waals surface area contributed by atoms with Crippen molar-refractivity contribution in [2.75, 3.05) is 13.7 Å². The van der Waals surface area contributed by atoms with Crippen molar-refractivity contribution < 1.29 is 9.47 Å². The normalized spacial score (nSPS) is 11.9. The van der Waals surface area contributed by atoms with Crippen LogP contribution in [0.1, 0.15) is 25.8 Å². The fourth-order valence-corrected chi connectivity index (χ4v) is 1.82. The van der Waals surface area contributed by atoms with Gasteiger partial charge in [0.05, 0.1) is 13.7 Å². The first kappa shape index (κ1) is 14.6. The molecule has 0 spiro atoms. The van der Waals surface area contributed by atoms with Gasteiger partial charge in [0.1, 0.15) is 0 Å². The third-order valence-corrected chi connectivity index (χ3v) is 2.73. The van der Waals surface area contributed by atoms with Gasteiger partial charge in [-0.25, -0.2) is 0 Å². The Hall–Kier alpha value is -1.48. The van der Waals surface area contributed by atoms with Gasteiger partial charge in [-0.15, -0.1) is 6.58 Å². The number of rotatable bonds is 8. The van der Waals surface area contributed by atoms with Crippen LogP contribution in [-0.4, -0.2) is 19.8 Å². The predicted molar refractivity (Wildman–Crippen MR) is 75.3 cm³/mol. The Bertz CT molecular complexity index is 377. The Labute approximate surface area is 110 Å². The van der Waals surface area contributed by atoms with Gasteiger partial charge in [0.15, 0.2) is 11.5 Å². The van der Waals surface area contributed by atoms with Crippen molar-refractivity contribution in [2.24, 2.45) is 0 Å². The van der Waals surface area contributed by atoms with Crippen LogP contribution in [0.4, 0.5) is 0 Å². The molecule has 0 fully saturated rings. The summed E-state index contributed by atoms with van der Waals surface area (Å²) in [5.74, 6) is 1.62. The van der Waals surface area contributed by atoms with E-state index in [0.29, 0.717) is 12.6 Å². The molecule has 1 unspecified atom stereocenters. The lowest BCUT2D eigenvalue weighted by Gasteiger charge is -2.16. The quantitative estimate of drug-likeness (QED) is 0.718. The minimum atomic E-state index is 0.406. The van der Waals surface area contributed by atoms with Gasteiger partial charge in [-0.3, -0.25) is 0 Å². The lowest BCUT2D eigenvalue weighted by atomic mass is 10.1. The van der Waals surface area contributed by atoms with Crippen molar-refractivity contribution in [1.82, 2.24) is 5.32 Å². The van der Waals surface area contributed by atoms with Gasteiger partial charge in [-0.2, -0.15) is 0 Å². The molecule has 1 aromatic carbocycles. The highest BCUT2D eigenvalue weighted by molar-refractivity contribution is 5.46. The average Bonchev–Trinajstić information content (AvgIpc) is 2.37. The van der Waals surface area contributed by atoms with E-state index in [0.717, 1.165) is 30.0 Å². The largest absolute Gasteiger partial charge is 0.493 e. The molecule has 0 amide bonds. The van der Waals surface area contributed by atoms with Crippen LogP contribution in [0.3, 0.4) is 0 Å². The van der Waals surface area contributed by atoms with Crippen molar-refractivity contribution in [2.45, 2.75) is 32.9 Å². The van der Waals surface area contributed by atoms with Crippen LogP contribution in [-0.2, 0) is 6.54 Å². The number of para-hydroxylation sites is 1. The third kappa shape index (κ3) is 4.08. The maximum absolute atomic E-state index is 5.55. The van der Waals surface area contributed by atoms with Gasteiger partial charge in [0, 0.05) is 18.2 Å². The molecule has 3 heteroatoms. The first-order valence-electron chi connectivity index (χ1n) is 6.35. The average molecular weight is 249 g/mol. The van der Waals surface area contributed by atoms with Gasteiger partial charge in [0.2, 0.25) is 0 Å². The highest BCUT2D eigenvalue weighted by Gasteiger charge is 2.10. The molecule has 0 aromatic heterocycles. The molecular formula is C15H23NO2.